The summed E-state index contributed by atoms with van der Waals surface area (Å²) in [6, 6.07) is 2.05. The van der Waals surface area contributed by atoms with Gasteiger partial charge in [-0.2, -0.15) is 13.2 Å². The van der Waals surface area contributed by atoms with Crippen molar-refractivity contribution in [3.05, 3.63) is 28.8 Å². The van der Waals surface area contributed by atoms with E-state index < -0.39 is 29.5 Å². The van der Waals surface area contributed by atoms with Crippen molar-refractivity contribution in [2.45, 2.75) is 30.8 Å². The van der Waals surface area contributed by atoms with Crippen molar-refractivity contribution in [1.29, 1.82) is 0 Å². The number of amides is 2. The Morgan fingerprint density at radius 2 is 2.05 bits per heavy atom. The van der Waals surface area contributed by atoms with Crippen molar-refractivity contribution in [2.75, 3.05) is 5.32 Å². The van der Waals surface area contributed by atoms with Crippen molar-refractivity contribution >= 4 is 23.3 Å². The lowest BCUT2D eigenvalue weighted by Gasteiger charge is -2.45. The molecule has 0 bridgehead atoms. The first kappa shape index (κ1) is 13.5. The molecular weight excluding hydrogens is 297 g/mol. The molecule has 108 valence electrons. The highest BCUT2D eigenvalue weighted by molar-refractivity contribution is 6.30. The maximum absolute atomic E-state index is 13.4. The normalized spacial score (nSPS) is 26.2. The van der Waals surface area contributed by atoms with Crippen LogP contribution in [0, 0.1) is 0 Å². The fourth-order valence-electron chi connectivity index (χ4n) is 2.42. The molecule has 8 heteroatoms. The minimum absolute atomic E-state index is 0.0540. The van der Waals surface area contributed by atoms with Gasteiger partial charge in [0.25, 0.3) is 5.72 Å². The summed E-state index contributed by atoms with van der Waals surface area (Å²) in [6.45, 7) is 0. The molecule has 1 saturated carbocycles. The third-order valence-corrected chi connectivity index (χ3v) is 3.71. The van der Waals surface area contributed by atoms with E-state index in [0.29, 0.717) is 17.7 Å². The molecule has 1 fully saturated rings. The fraction of sp³-hybridized carbons (Fsp3) is 0.417. The molecule has 0 spiro atoms. The number of carbonyl (C=O) groups excluding carboxylic acids is 1. The molecule has 0 saturated heterocycles. The SMILES string of the molecule is O=C1Nc2ccc(Cl)cc2[C@@](O)(C(F)(F)F)N1C1CC1. The highest BCUT2D eigenvalue weighted by Crippen LogP contribution is 2.51. The van der Waals surface area contributed by atoms with Gasteiger partial charge in [0.15, 0.2) is 0 Å². The molecule has 1 heterocycles. The van der Waals surface area contributed by atoms with Gasteiger partial charge < -0.3 is 10.4 Å². The molecule has 1 aromatic rings. The van der Waals surface area contributed by atoms with E-state index in [1.54, 1.807) is 0 Å². The van der Waals surface area contributed by atoms with E-state index in [9.17, 15) is 23.1 Å². The van der Waals surface area contributed by atoms with E-state index in [1.165, 1.54) is 12.1 Å². The van der Waals surface area contributed by atoms with Crippen LogP contribution in [0.15, 0.2) is 18.2 Å². The van der Waals surface area contributed by atoms with E-state index in [2.05, 4.69) is 5.32 Å². The monoisotopic (exact) mass is 306 g/mol. The zero-order valence-corrected chi connectivity index (χ0v) is 10.8. The summed E-state index contributed by atoms with van der Waals surface area (Å²) in [6.07, 6.45) is -4.16. The van der Waals surface area contributed by atoms with Crippen LogP contribution in [0.3, 0.4) is 0 Å². The molecule has 0 radical (unpaired) electrons. The highest BCUT2D eigenvalue weighted by Gasteiger charge is 2.66. The predicted molar refractivity (Wildman–Crippen MR) is 65.3 cm³/mol. The third-order valence-electron chi connectivity index (χ3n) is 3.47. The van der Waals surface area contributed by atoms with Crippen LogP contribution in [0.5, 0.6) is 0 Å². The number of hydrogen-bond donors (Lipinski definition) is 2. The first-order chi connectivity index (χ1) is 9.25. The number of rotatable bonds is 1. The average molecular weight is 307 g/mol. The smallest absolute Gasteiger partial charge is 0.360 e. The van der Waals surface area contributed by atoms with Gasteiger partial charge in [0.2, 0.25) is 0 Å². The van der Waals surface area contributed by atoms with Crippen LogP contribution < -0.4 is 5.32 Å². The van der Waals surface area contributed by atoms with Crippen LogP contribution in [-0.4, -0.2) is 28.3 Å². The molecule has 2 amide bonds. The largest absolute Gasteiger partial charge is 0.441 e. The summed E-state index contributed by atoms with van der Waals surface area (Å²) in [5, 5.41) is 12.7. The number of anilines is 1. The lowest BCUT2D eigenvalue weighted by molar-refractivity contribution is -0.315. The number of fused-ring (bicyclic) bond motifs is 1. The Morgan fingerprint density at radius 1 is 1.40 bits per heavy atom. The van der Waals surface area contributed by atoms with E-state index in [4.69, 9.17) is 11.6 Å². The van der Waals surface area contributed by atoms with E-state index in [1.807, 2.05) is 0 Å². The number of hydrogen-bond acceptors (Lipinski definition) is 2. The van der Waals surface area contributed by atoms with Gasteiger partial charge in [-0.25, -0.2) is 4.79 Å². The van der Waals surface area contributed by atoms with Gasteiger partial charge in [-0.15, -0.1) is 0 Å². The van der Waals surface area contributed by atoms with Gasteiger partial charge >= 0.3 is 12.2 Å². The average Bonchev–Trinajstić information content (AvgIpc) is 3.13. The molecular formula is C12H10ClF3N2O2. The lowest BCUT2D eigenvalue weighted by Crippen LogP contribution is -2.62. The zero-order valence-electron chi connectivity index (χ0n) is 10.0. The van der Waals surface area contributed by atoms with E-state index >= 15 is 0 Å². The standard InChI is InChI=1S/C12H10ClF3N2O2/c13-6-1-4-9-8(5-6)11(20,12(14,15)16)18(7-2-3-7)10(19)17-9/h1,4-5,7,20H,2-3H2,(H,17,19)/t11-/m1/s1. The van der Waals surface area contributed by atoms with Gasteiger partial charge in [-0.3, -0.25) is 4.90 Å². The van der Waals surface area contributed by atoms with Crippen molar-refractivity contribution < 1.29 is 23.1 Å². The Morgan fingerprint density at radius 3 is 2.60 bits per heavy atom. The first-order valence-electron chi connectivity index (χ1n) is 5.94. The molecule has 0 unspecified atom stereocenters. The Kier molecular flexibility index (Phi) is 2.71. The molecule has 1 aliphatic heterocycles. The number of nitrogens with zero attached hydrogens (tertiary/aromatic N) is 1. The molecule has 0 aromatic heterocycles. The Balaban J connectivity index is 2.24. The molecule has 3 rings (SSSR count). The van der Waals surface area contributed by atoms with Crippen molar-refractivity contribution in [1.82, 2.24) is 4.90 Å². The van der Waals surface area contributed by atoms with Gasteiger partial charge in [-0.1, -0.05) is 11.6 Å². The molecule has 4 nitrogen and oxygen atoms in total. The number of nitrogens with one attached hydrogen (secondary N) is 1. The Labute approximate surface area is 117 Å². The number of carbonyl (C=O) groups is 1. The van der Waals surface area contributed by atoms with E-state index in [-0.39, 0.29) is 10.7 Å². The second kappa shape index (κ2) is 4.02. The molecule has 1 aliphatic carbocycles. The van der Waals surface area contributed by atoms with Crippen LogP contribution in [0.4, 0.5) is 23.7 Å². The first-order valence-corrected chi connectivity index (χ1v) is 6.32. The molecule has 1 atom stereocenters. The minimum Gasteiger partial charge on any atom is -0.360 e. The van der Waals surface area contributed by atoms with E-state index in [0.717, 1.165) is 6.07 Å². The second-order valence-electron chi connectivity index (χ2n) is 4.89. The molecule has 2 N–H and O–H groups in total. The van der Waals surface area contributed by atoms with Gasteiger partial charge in [-0.05, 0) is 31.0 Å². The van der Waals surface area contributed by atoms with Crippen LogP contribution in [0.1, 0.15) is 18.4 Å². The Hall–Kier alpha value is -1.47. The molecule has 2 aliphatic rings. The van der Waals surface area contributed by atoms with Crippen molar-refractivity contribution in [2.24, 2.45) is 0 Å². The van der Waals surface area contributed by atoms with Crippen LogP contribution in [0.2, 0.25) is 5.02 Å². The van der Waals surface area contributed by atoms with Gasteiger partial charge in [0.05, 0.1) is 5.69 Å². The van der Waals surface area contributed by atoms with Crippen LogP contribution in [-0.2, 0) is 5.72 Å². The number of urea groups is 1. The number of benzene rings is 1. The highest BCUT2D eigenvalue weighted by atomic mass is 35.5. The fourth-order valence-corrected chi connectivity index (χ4v) is 2.59. The second-order valence-corrected chi connectivity index (χ2v) is 5.33. The number of aliphatic hydroxyl groups is 1. The van der Waals surface area contributed by atoms with Gasteiger partial charge in [0.1, 0.15) is 0 Å². The molecule has 20 heavy (non-hydrogen) atoms. The van der Waals surface area contributed by atoms with Crippen molar-refractivity contribution in [3.8, 4) is 0 Å². The summed E-state index contributed by atoms with van der Waals surface area (Å²) in [7, 11) is 0. The summed E-state index contributed by atoms with van der Waals surface area (Å²) < 4.78 is 40.3. The minimum atomic E-state index is -5.02. The summed E-state index contributed by atoms with van der Waals surface area (Å²) >= 11 is 5.72. The van der Waals surface area contributed by atoms with Crippen molar-refractivity contribution in [3.63, 3.8) is 0 Å². The lowest BCUT2D eigenvalue weighted by atomic mass is 9.95. The summed E-state index contributed by atoms with van der Waals surface area (Å²) in [5.41, 5.74) is -3.89. The predicted octanol–water partition coefficient (Wildman–Crippen LogP) is 3.06. The maximum atomic E-state index is 13.4. The van der Waals surface area contributed by atoms with Crippen LogP contribution >= 0.6 is 11.6 Å². The molecule has 1 aromatic carbocycles. The maximum Gasteiger partial charge on any atom is 0.441 e. The summed E-state index contributed by atoms with van der Waals surface area (Å²) in [5.74, 6) is 0. The van der Waals surface area contributed by atoms with Crippen LogP contribution in [0.25, 0.3) is 0 Å². The topological polar surface area (TPSA) is 52.6 Å². The van der Waals surface area contributed by atoms with Gasteiger partial charge in [0, 0.05) is 16.6 Å². The zero-order chi connectivity index (χ0) is 14.7. The number of halogens is 4. The Bertz CT molecular complexity index is 589. The quantitative estimate of drug-likeness (QED) is 0.838. The third kappa shape index (κ3) is 1.76. The number of alkyl halides is 3. The summed E-state index contributed by atoms with van der Waals surface area (Å²) in [4.78, 5) is 12.4.